The molecule has 7 heteroatoms. The summed E-state index contributed by atoms with van der Waals surface area (Å²) in [5.74, 6) is 0.731. The number of halogens is 1. The lowest BCUT2D eigenvalue weighted by atomic mass is 10.2. The summed E-state index contributed by atoms with van der Waals surface area (Å²) in [6.45, 7) is 6.04. The Balaban J connectivity index is 0.000000806. The zero-order chi connectivity index (χ0) is 21.3. The third-order valence-corrected chi connectivity index (χ3v) is 5.64. The third kappa shape index (κ3) is 5.70. The average molecular weight is 428 g/mol. The van der Waals surface area contributed by atoms with Crippen molar-refractivity contribution in [2.24, 2.45) is 0 Å². The van der Waals surface area contributed by atoms with Crippen LogP contribution in [0.2, 0.25) is 5.02 Å². The zero-order valence-corrected chi connectivity index (χ0v) is 17.8. The van der Waals surface area contributed by atoms with Crippen molar-refractivity contribution in [1.29, 1.82) is 0 Å². The molecule has 1 saturated heterocycles. The van der Waals surface area contributed by atoms with Gasteiger partial charge in [-0.3, -0.25) is 4.68 Å². The molecule has 0 unspecified atom stereocenters. The summed E-state index contributed by atoms with van der Waals surface area (Å²) in [5.41, 5.74) is 2.26. The van der Waals surface area contributed by atoms with E-state index in [1.807, 2.05) is 41.1 Å². The topological polar surface area (TPSA) is 64.4 Å². The molecule has 0 saturated carbocycles. The maximum atomic E-state index is 8.12. The van der Waals surface area contributed by atoms with Crippen LogP contribution in [-0.2, 0) is 16.1 Å². The number of para-hydroxylation sites is 1. The minimum atomic E-state index is 0.250. The van der Waals surface area contributed by atoms with E-state index in [2.05, 4.69) is 24.0 Å². The minimum absolute atomic E-state index is 0.250. The van der Waals surface area contributed by atoms with Crippen molar-refractivity contribution in [2.45, 2.75) is 38.8 Å². The second kappa shape index (κ2) is 10.9. The van der Waals surface area contributed by atoms with E-state index >= 15 is 0 Å². The molecule has 1 aliphatic rings. The molecule has 2 aromatic carbocycles. The molecule has 1 aliphatic heterocycles. The Morgan fingerprint density at radius 3 is 2.60 bits per heavy atom. The molecule has 0 radical (unpaired) electrons. The Bertz CT molecular complexity index is 981. The molecule has 30 heavy (non-hydrogen) atoms. The molecule has 1 fully saturated rings. The summed E-state index contributed by atoms with van der Waals surface area (Å²) in [7, 11) is 0. The van der Waals surface area contributed by atoms with Gasteiger partial charge in [-0.25, -0.2) is 0 Å². The second-order valence-corrected chi connectivity index (χ2v) is 7.86. The Morgan fingerprint density at radius 1 is 1.17 bits per heavy atom. The Labute approximate surface area is 181 Å². The van der Waals surface area contributed by atoms with Gasteiger partial charge in [-0.1, -0.05) is 35.9 Å². The molecule has 0 spiro atoms. The van der Waals surface area contributed by atoms with Crippen LogP contribution in [0.15, 0.2) is 48.5 Å². The van der Waals surface area contributed by atoms with Crippen LogP contribution in [0.5, 0.6) is 5.88 Å². The van der Waals surface area contributed by atoms with E-state index in [4.69, 9.17) is 31.0 Å². The normalized spacial score (nSPS) is 16.1. The first-order valence-corrected chi connectivity index (χ1v) is 10.6. The highest BCUT2D eigenvalue weighted by Crippen LogP contribution is 2.26. The van der Waals surface area contributed by atoms with Gasteiger partial charge in [0.2, 0.25) is 5.88 Å². The Kier molecular flexibility index (Phi) is 8.03. The molecule has 158 valence electrons. The highest BCUT2D eigenvalue weighted by Gasteiger charge is 2.19. The van der Waals surface area contributed by atoms with Crippen molar-refractivity contribution in [2.75, 3.05) is 19.7 Å². The number of likely N-dealkylation sites (tertiary alicyclic amines) is 1. The molecule has 0 amide bonds. The number of benzene rings is 2. The fourth-order valence-corrected chi connectivity index (χ4v) is 3.97. The maximum Gasteiger partial charge on any atom is 0.373 e. The van der Waals surface area contributed by atoms with Crippen molar-refractivity contribution < 1.29 is 14.3 Å². The number of hydrogen-bond donors (Lipinski definition) is 0. The largest absolute Gasteiger partial charge is 0.476 e. The number of fused-ring (bicyclic) bond motifs is 1. The molecular weight excluding hydrogens is 402 g/mol. The average Bonchev–Trinajstić information content (AvgIpc) is 3.31. The van der Waals surface area contributed by atoms with E-state index < -0.39 is 0 Å². The molecule has 1 aromatic heterocycles. The zero-order valence-electron chi connectivity index (χ0n) is 17.1. The number of carbonyl (C=O) groups excluding carboxylic acids is 2. The van der Waals surface area contributed by atoms with Gasteiger partial charge < -0.3 is 9.64 Å². The SMILES string of the molecule is C[C@@H]1CCCN1CCCOc1nn(Cc2ccc(Cl)cc2)c2ccccc12.O=C=O. The molecule has 0 N–H and O–H groups in total. The first kappa shape index (κ1) is 22.0. The molecule has 2 heterocycles. The lowest BCUT2D eigenvalue weighted by Gasteiger charge is -2.20. The van der Waals surface area contributed by atoms with Crippen molar-refractivity contribution >= 4 is 28.7 Å². The fourth-order valence-electron chi connectivity index (χ4n) is 3.85. The van der Waals surface area contributed by atoms with Gasteiger partial charge in [0.1, 0.15) is 0 Å². The summed E-state index contributed by atoms with van der Waals surface area (Å²) < 4.78 is 8.08. The van der Waals surface area contributed by atoms with Crippen LogP contribution in [-0.4, -0.2) is 46.6 Å². The van der Waals surface area contributed by atoms with Crippen LogP contribution in [0.25, 0.3) is 10.9 Å². The lowest BCUT2D eigenvalue weighted by molar-refractivity contribution is -0.191. The van der Waals surface area contributed by atoms with Crippen molar-refractivity contribution in [1.82, 2.24) is 14.7 Å². The number of aromatic nitrogens is 2. The van der Waals surface area contributed by atoms with Crippen LogP contribution < -0.4 is 4.74 Å². The van der Waals surface area contributed by atoms with Gasteiger partial charge in [0, 0.05) is 17.6 Å². The number of nitrogens with zero attached hydrogens (tertiary/aromatic N) is 3. The number of rotatable bonds is 7. The summed E-state index contributed by atoms with van der Waals surface area (Å²) in [4.78, 5) is 18.8. The van der Waals surface area contributed by atoms with E-state index in [0.29, 0.717) is 19.2 Å². The smallest absolute Gasteiger partial charge is 0.373 e. The van der Waals surface area contributed by atoms with Crippen LogP contribution in [0.4, 0.5) is 0 Å². The van der Waals surface area contributed by atoms with Gasteiger partial charge >= 0.3 is 6.15 Å². The highest BCUT2D eigenvalue weighted by atomic mass is 35.5. The van der Waals surface area contributed by atoms with Crippen molar-refractivity contribution in [3.63, 3.8) is 0 Å². The fraction of sp³-hybridized carbons (Fsp3) is 0.391. The maximum absolute atomic E-state index is 8.12. The van der Waals surface area contributed by atoms with Crippen molar-refractivity contribution in [3.05, 3.63) is 59.1 Å². The Morgan fingerprint density at radius 2 is 1.90 bits per heavy atom. The lowest BCUT2D eigenvalue weighted by Crippen LogP contribution is -2.28. The van der Waals surface area contributed by atoms with Crippen molar-refractivity contribution in [3.8, 4) is 5.88 Å². The summed E-state index contributed by atoms with van der Waals surface area (Å²) in [5, 5.41) is 6.56. The van der Waals surface area contributed by atoms with Gasteiger partial charge in [-0.05, 0) is 62.6 Å². The Hall–Kier alpha value is -2.66. The van der Waals surface area contributed by atoms with Gasteiger partial charge in [-0.15, -0.1) is 5.10 Å². The van der Waals surface area contributed by atoms with Gasteiger partial charge in [-0.2, -0.15) is 9.59 Å². The summed E-state index contributed by atoms with van der Waals surface area (Å²) in [6.07, 6.45) is 3.92. The molecule has 1 atom stereocenters. The van der Waals surface area contributed by atoms with Crippen LogP contribution in [0, 0.1) is 0 Å². The van der Waals surface area contributed by atoms with E-state index in [1.54, 1.807) is 0 Å². The molecule has 0 aliphatic carbocycles. The van der Waals surface area contributed by atoms with Gasteiger partial charge in [0.05, 0.1) is 24.1 Å². The standard InChI is InChI=1S/C22H26ClN3O.CO2/c1-17-6-4-13-25(17)14-5-15-27-22-20-7-2-3-8-21(20)26(24-22)16-18-9-11-19(23)12-10-18;2-1-3/h2-3,7-12,17H,4-6,13-16H2,1H3;/t17-;/m1./s1. The summed E-state index contributed by atoms with van der Waals surface area (Å²) >= 11 is 5.99. The van der Waals surface area contributed by atoms with E-state index in [1.165, 1.54) is 24.9 Å². The predicted molar refractivity (Wildman–Crippen MR) is 116 cm³/mol. The number of ether oxygens (including phenoxy) is 1. The predicted octanol–water partition coefficient (Wildman–Crippen LogP) is 4.41. The molecule has 4 rings (SSSR count). The van der Waals surface area contributed by atoms with E-state index in [-0.39, 0.29) is 6.15 Å². The van der Waals surface area contributed by atoms with Crippen LogP contribution in [0.3, 0.4) is 0 Å². The van der Waals surface area contributed by atoms with Crippen LogP contribution in [0.1, 0.15) is 31.7 Å². The second-order valence-electron chi connectivity index (χ2n) is 7.42. The quantitative estimate of drug-likeness (QED) is 0.522. The third-order valence-electron chi connectivity index (χ3n) is 5.39. The van der Waals surface area contributed by atoms with E-state index in [0.717, 1.165) is 34.8 Å². The number of hydrogen-bond acceptors (Lipinski definition) is 5. The van der Waals surface area contributed by atoms with Gasteiger partial charge in [0.25, 0.3) is 0 Å². The van der Waals surface area contributed by atoms with Crippen LogP contribution >= 0.6 is 11.6 Å². The molecule has 6 nitrogen and oxygen atoms in total. The first-order valence-electron chi connectivity index (χ1n) is 10.2. The molecule has 0 bridgehead atoms. The highest BCUT2D eigenvalue weighted by molar-refractivity contribution is 6.30. The van der Waals surface area contributed by atoms with Gasteiger partial charge in [0.15, 0.2) is 0 Å². The minimum Gasteiger partial charge on any atom is -0.476 e. The molecular formula is C23H26ClN3O3. The summed E-state index contributed by atoms with van der Waals surface area (Å²) in [6, 6.07) is 16.9. The van der Waals surface area contributed by atoms with E-state index in [9.17, 15) is 0 Å². The first-order chi connectivity index (χ1) is 14.6. The molecule has 3 aromatic rings. The monoisotopic (exact) mass is 427 g/mol.